The number of ether oxygens (including phenoxy) is 3. The van der Waals surface area contributed by atoms with Crippen LogP contribution in [0, 0.1) is 24.6 Å². The number of hydrogen-bond acceptors (Lipinski definition) is 11. The highest BCUT2D eigenvalue weighted by molar-refractivity contribution is 7.11. The van der Waals surface area contributed by atoms with E-state index >= 15 is 4.39 Å². The zero-order valence-corrected chi connectivity index (χ0v) is 40.2. The summed E-state index contributed by atoms with van der Waals surface area (Å²) in [5.74, 6) is -0.741. The number of alkyl halides is 3. The van der Waals surface area contributed by atoms with Gasteiger partial charge in [-0.25, -0.2) is 28.9 Å². The predicted octanol–water partition coefficient (Wildman–Crippen LogP) is 9.04. The molecule has 6 aromatic rings. The molecule has 0 spiro atoms. The van der Waals surface area contributed by atoms with Gasteiger partial charge in [0, 0.05) is 29.6 Å². The predicted molar refractivity (Wildman–Crippen MR) is 249 cm³/mol. The van der Waals surface area contributed by atoms with Crippen molar-refractivity contribution < 1.29 is 51.0 Å². The third kappa shape index (κ3) is 8.81. The van der Waals surface area contributed by atoms with E-state index in [1.807, 2.05) is 33.8 Å². The molecule has 5 atom stereocenters. The monoisotopic (exact) mass is 988 g/mol. The fraction of sp³-hybridized carbons (Fsp3) is 0.438. The van der Waals surface area contributed by atoms with Gasteiger partial charge in [0.1, 0.15) is 35.3 Å². The molecule has 70 heavy (non-hydrogen) atoms. The van der Waals surface area contributed by atoms with Crippen molar-refractivity contribution in [3.8, 4) is 39.5 Å². The third-order valence-electron chi connectivity index (χ3n) is 13.2. The Morgan fingerprint density at radius 3 is 1.90 bits per heavy atom. The van der Waals surface area contributed by atoms with Crippen LogP contribution in [0.2, 0.25) is 0 Å². The summed E-state index contributed by atoms with van der Waals surface area (Å²) < 4.78 is 78.6. The van der Waals surface area contributed by atoms with Crippen LogP contribution >= 0.6 is 11.3 Å². The number of nitrogens with one attached hydrogen (secondary N) is 4. The summed E-state index contributed by atoms with van der Waals surface area (Å²) >= 11 is 0.837. The summed E-state index contributed by atoms with van der Waals surface area (Å²) in [6.07, 6.45) is -1.91. The van der Waals surface area contributed by atoms with Crippen molar-refractivity contribution in [2.45, 2.75) is 96.9 Å². The number of halogens is 4. The Morgan fingerprint density at radius 2 is 1.37 bits per heavy atom. The largest absolute Gasteiger partial charge is 0.464 e. The first kappa shape index (κ1) is 48.1. The number of rotatable bonds is 11. The molecule has 2 saturated heterocycles. The average molecular weight is 989 g/mol. The highest BCUT2D eigenvalue weighted by atomic mass is 32.1. The highest BCUT2D eigenvalue weighted by Crippen LogP contribution is 2.50. The first-order chi connectivity index (χ1) is 33.4. The molecule has 4 amide bonds. The van der Waals surface area contributed by atoms with Gasteiger partial charge in [0.2, 0.25) is 18.0 Å². The van der Waals surface area contributed by atoms with E-state index in [0.29, 0.717) is 77.4 Å². The van der Waals surface area contributed by atoms with Gasteiger partial charge in [-0.3, -0.25) is 14.2 Å². The lowest BCUT2D eigenvalue weighted by molar-refractivity contribution is -0.142. The Kier molecular flexibility index (Phi) is 12.9. The number of hydrogen-bond donors (Lipinski definition) is 4. The van der Waals surface area contributed by atoms with E-state index in [4.69, 9.17) is 14.2 Å². The Balaban J connectivity index is 1.06. The van der Waals surface area contributed by atoms with Crippen molar-refractivity contribution >= 4 is 46.2 Å². The Bertz CT molecular complexity index is 3000. The molecule has 0 radical (unpaired) electrons. The minimum Gasteiger partial charge on any atom is -0.464 e. The number of imidazole rings is 2. The second-order valence-corrected chi connectivity index (χ2v) is 19.6. The van der Waals surface area contributed by atoms with Crippen molar-refractivity contribution in [1.82, 2.24) is 49.9 Å². The number of benzene rings is 2. The number of alkyl carbamates (subject to hydrolysis) is 2. The van der Waals surface area contributed by atoms with E-state index in [1.165, 1.54) is 33.4 Å². The number of carbonyl (C=O) groups is 4. The van der Waals surface area contributed by atoms with Gasteiger partial charge in [-0.1, -0.05) is 33.8 Å². The van der Waals surface area contributed by atoms with Crippen LogP contribution < -0.4 is 15.4 Å². The van der Waals surface area contributed by atoms with Crippen LogP contribution in [0.4, 0.5) is 27.2 Å². The fourth-order valence-electron chi connectivity index (χ4n) is 9.78. The van der Waals surface area contributed by atoms with E-state index in [0.717, 1.165) is 17.8 Å². The lowest BCUT2D eigenvalue weighted by atomic mass is 10.0. The molecule has 0 saturated carbocycles. The van der Waals surface area contributed by atoms with Crippen LogP contribution in [0.25, 0.3) is 44.7 Å². The number of thiazole rings is 1. The molecule has 3 aliphatic rings. The Labute approximate surface area is 403 Å². The SMILES string of the molecule is COC(=O)N[C@H](C(=O)N1CCC[C@H]1c1ncc(-c2cc(F)c3c(c2)OC(c2sc(C)nc2C(F)(F)F)n2c-3cc3cc(-c4cnc([C@@H]5CCCN5C(=O)[C@@H](NC(=O)OC)C(C)C)[nH]4)ccc32)[nH]1)C(C)C. The van der Waals surface area contributed by atoms with E-state index in [2.05, 4.69) is 35.6 Å². The van der Waals surface area contributed by atoms with Crippen LogP contribution in [-0.2, 0) is 25.2 Å². The topological polar surface area (TPSA) is 202 Å². The first-order valence-corrected chi connectivity index (χ1v) is 23.8. The van der Waals surface area contributed by atoms with Crippen molar-refractivity contribution in [3.63, 3.8) is 0 Å². The second-order valence-electron chi connectivity index (χ2n) is 18.4. The molecule has 0 aliphatic carbocycles. The number of methoxy groups -OCH3 is 2. The zero-order valence-electron chi connectivity index (χ0n) is 39.4. The van der Waals surface area contributed by atoms with Crippen LogP contribution in [0.1, 0.15) is 98.9 Å². The number of carbonyl (C=O) groups excluding carboxylic acids is 4. The number of nitrogens with zero attached hydrogens (tertiary/aromatic N) is 6. The zero-order chi connectivity index (χ0) is 49.9. The number of aromatic amines is 2. The van der Waals surface area contributed by atoms with Gasteiger partial charge < -0.3 is 44.6 Å². The van der Waals surface area contributed by atoms with Crippen LogP contribution in [0.3, 0.4) is 0 Å². The van der Waals surface area contributed by atoms with Gasteiger partial charge in [0.15, 0.2) is 5.69 Å². The maximum Gasteiger partial charge on any atom is 0.434 e. The highest BCUT2D eigenvalue weighted by Gasteiger charge is 2.44. The normalized spacial score (nSPS) is 18.7. The molecule has 370 valence electrons. The minimum absolute atomic E-state index is 0.00689. The number of H-pyrrole nitrogens is 2. The van der Waals surface area contributed by atoms with E-state index in [-0.39, 0.29) is 50.5 Å². The maximum atomic E-state index is 16.9. The molecule has 3 aliphatic heterocycles. The van der Waals surface area contributed by atoms with Gasteiger partial charge in [0.05, 0.1) is 76.7 Å². The summed E-state index contributed by atoms with van der Waals surface area (Å²) in [5.41, 5.74) is 1.64. The fourth-order valence-corrected chi connectivity index (χ4v) is 10.7. The maximum absolute atomic E-state index is 16.9. The molecular formula is C48H52F4N10O7S. The average Bonchev–Trinajstić information content (AvgIpc) is 4.18. The summed E-state index contributed by atoms with van der Waals surface area (Å²) in [6, 6.07) is 7.38. The minimum atomic E-state index is -4.83. The molecule has 17 nitrogen and oxygen atoms in total. The number of fused-ring (bicyclic) bond motifs is 5. The van der Waals surface area contributed by atoms with Crippen LogP contribution in [0.15, 0.2) is 48.8 Å². The number of likely N-dealkylation sites (tertiary alicyclic amines) is 2. The van der Waals surface area contributed by atoms with Gasteiger partial charge in [-0.2, -0.15) is 13.2 Å². The smallest absolute Gasteiger partial charge is 0.434 e. The van der Waals surface area contributed by atoms with Crippen molar-refractivity contribution in [2.75, 3.05) is 27.3 Å². The first-order valence-electron chi connectivity index (χ1n) is 23.0. The summed E-state index contributed by atoms with van der Waals surface area (Å²) in [4.78, 5) is 74.7. The Morgan fingerprint density at radius 1 is 0.814 bits per heavy atom. The van der Waals surface area contributed by atoms with Gasteiger partial charge in [0.25, 0.3) is 0 Å². The molecule has 0 bridgehead atoms. The van der Waals surface area contributed by atoms with Gasteiger partial charge in [-0.05, 0) is 74.8 Å². The summed E-state index contributed by atoms with van der Waals surface area (Å²) in [5, 5.41) is 6.02. The molecule has 9 rings (SSSR count). The lowest BCUT2D eigenvalue weighted by Gasteiger charge is -2.30. The number of amides is 4. The third-order valence-corrected chi connectivity index (χ3v) is 14.2. The Hall–Kier alpha value is -6.97. The molecule has 4 N–H and O–H groups in total. The molecule has 7 heterocycles. The quantitative estimate of drug-likeness (QED) is 0.0908. The standard InChI is InChI=1S/C48H52F4N10O7S/c1-22(2)37(58-46(65)67-6)43(63)60-14-8-10-32(60)41-53-20-29(56-41)25-12-13-31-27(16-25)18-34-36-28(49)17-26(19-35(36)69-45(62(31)34)39-40(48(50,51)52)55-24(5)70-39)30-21-54-42(57-30)33-11-9-15-61(33)44(64)38(23(3)4)59-47(66)68-7/h12-13,16-23,32-33,37-38,45H,8-11,14-15H2,1-7H3,(H,53,56)(H,54,57)(H,58,65)(H,59,66)/t32-,33-,37-,38-,45?/m0/s1. The molecule has 2 aromatic carbocycles. The number of aryl methyl sites for hydroxylation is 1. The molecular weight excluding hydrogens is 937 g/mol. The van der Waals surface area contributed by atoms with Crippen LogP contribution in [0.5, 0.6) is 5.75 Å². The lowest BCUT2D eigenvalue weighted by Crippen LogP contribution is -2.51. The van der Waals surface area contributed by atoms with Crippen LogP contribution in [-0.4, -0.2) is 103 Å². The van der Waals surface area contributed by atoms with Crippen molar-refractivity contribution in [2.24, 2.45) is 11.8 Å². The molecule has 22 heteroatoms. The molecule has 2 fully saturated rings. The molecule has 1 unspecified atom stereocenters. The van der Waals surface area contributed by atoms with Gasteiger partial charge in [-0.15, -0.1) is 11.3 Å². The number of aromatic nitrogens is 6. The van der Waals surface area contributed by atoms with Crippen molar-refractivity contribution in [3.05, 3.63) is 81.8 Å². The van der Waals surface area contributed by atoms with E-state index < -0.39 is 60.3 Å². The molecule has 4 aromatic heterocycles. The van der Waals surface area contributed by atoms with Gasteiger partial charge >= 0.3 is 18.4 Å². The van der Waals surface area contributed by atoms with E-state index in [9.17, 15) is 32.3 Å². The van der Waals surface area contributed by atoms with Crippen molar-refractivity contribution in [1.29, 1.82) is 0 Å². The van der Waals surface area contributed by atoms with E-state index in [1.54, 1.807) is 44.8 Å². The summed E-state index contributed by atoms with van der Waals surface area (Å²) in [7, 11) is 2.46. The summed E-state index contributed by atoms with van der Waals surface area (Å²) in [6.45, 7) is 9.67. The second kappa shape index (κ2) is 18.7.